The van der Waals surface area contributed by atoms with Crippen LogP contribution in [0.2, 0.25) is 0 Å². The number of nitrogens with zero attached hydrogens (tertiary/aromatic N) is 8. The first kappa shape index (κ1) is 43.6. The van der Waals surface area contributed by atoms with Gasteiger partial charge in [-0.25, -0.2) is 19.9 Å². The highest BCUT2D eigenvalue weighted by Crippen LogP contribution is 2.27. The Balaban J connectivity index is 0.000000143. The lowest BCUT2D eigenvalue weighted by Gasteiger charge is -2.16. The molecule has 4 aromatic rings. The van der Waals surface area contributed by atoms with Crippen molar-refractivity contribution in [2.75, 3.05) is 101 Å². The second kappa shape index (κ2) is 22.5. The van der Waals surface area contributed by atoms with E-state index in [-0.39, 0.29) is 0 Å². The molecule has 0 fully saturated rings. The summed E-state index contributed by atoms with van der Waals surface area (Å²) in [5, 5.41) is 2.86. The molecule has 0 aliphatic carbocycles. The van der Waals surface area contributed by atoms with Gasteiger partial charge in [0, 0.05) is 124 Å². The molecule has 0 spiro atoms. The lowest BCUT2D eigenvalue weighted by molar-refractivity contribution is 0.318. The summed E-state index contributed by atoms with van der Waals surface area (Å²) in [6.07, 6.45) is 16.3. The molecule has 0 amide bonds. The normalized spacial score (nSPS) is 17.4. The summed E-state index contributed by atoms with van der Waals surface area (Å²) in [4.78, 5) is 32.5. The number of aromatic nitrogens is 4. The van der Waals surface area contributed by atoms with Gasteiger partial charge in [0.05, 0.1) is 22.8 Å². The number of thiazole rings is 4. The van der Waals surface area contributed by atoms with Crippen molar-refractivity contribution < 1.29 is 0 Å². The average molecular weight is 837 g/mol. The SMILES string of the molecule is C=CCN1CCc2nc(N)sc2CC1.C=CCN1CCc2nc(N)sc2CC1.C=CCN1CCc2nc(N)sc2CC1.C=CCN1CCc2nc(N)sc2CC1. The van der Waals surface area contributed by atoms with E-state index >= 15 is 0 Å². The zero-order valence-corrected chi connectivity index (χ0v) is 36.1. The van der Waals surface area contributed by atoms with E-state index < -0.39 is 0 Å². The predicted octanol–water partition coefficient (Wildman–Crippen LogP) is 5.25. The maximum Gasteiger partial charge on any atom is 0.180 e. The fourth-order valence-corrected chi connectivity index (χ4v) is 10.6. The van der Waals surface area contributed by atoms with E-state index in [1.807, 2.05) is 24.3 Å². The van der Waals surface area contributed by atoms with Crippen LogP contribution in [0, 0.1) is 0 Å². The first-order chi connectivity index (χ1) is 27.2. The fourth-order valence-electron chi connectivity index (χ4n) is 7.18. The summed E-state index contributed by atoms with van der Waals surface area (Å²) in [5.74, 6) is 0. The van der Waals surface area contributed by atoms with Crippen molar-refractivity contribution in [3.05, 3.63) is 92.9 Å². The first-order valence-electron chi connectivity index (χ1n) is 19.5. The summed E-state index contributed by atoms with van der Waals surface area (Å²) < 4.78 is 0. The van der Waals surface area contributed by atoms with E-state index in [1.165, 1.54) is 42.3 Å². The second-order valence-electron chi connectivity index (χ2n) is 14.0. The Labute approximate surface area is 349 Å². The topological polar surface area (TPSA) is 169 Å². The van der Waals surface area contributed by atoms with Crippen LogP contribution in [0.25, 0.3) is 0 Å². The highest BCUT2D eigenvalue weighted by molar-refractivity contribution is 7.16. The van der Waals surface area contributed by atoms with E-state index in [0.29, 0.717) is 20.5 Å². The smallest absolute Gasteiger partial charge is 0.180 e. The predicted molar refractivity (Wildman–Crippen MR) is 242 cm³/mol. The van der Waals surface area contributed by atoms with Gasteiger partial charge in [-0.2, -0.15) is 0 Å². The zero-order valence-electron chi connectivity index (χ0n) is 32.8. The molecule has 0 saturated carbocycles. The van der Waals surface area contributed by atoms with Gasteiger partial charge in [-0.05, 0) is 25.7 Å². The van der Waals surface area contributed by atoms with Crippen molar-refractivity contribution in [3.8, 4) is 0 Å². The highest BCUT2D eigenvalue weighted by atomic mass is 32.1. The molecule has 8 N–H and O–H groups in total. The van der Waals surface area contributed by atoms with E-state index in [1.54, 1.807) is 45.3 Å². The van der Waals surface area contributed by atoms with Crippen LogP contribution in [0.5, 0.6) is 0 Å². The van der Waals surface area contributed by atoms with Crippen molar-refractivity contribution >= 4 is 65.9 Å². The Morgan fingerprint density at radius 3 is 0.768 bits per heavy atom. The summed E-state index contributed by atoms with van der Waals surface area (Å²) in [7, 11) is 0. The van der Waals surface area contributed by atoms with Crippen LogP contribution >= 0.6 is 45.3 Å². The Hall–Kier alpha value is -3.48. The van der Waals surface area contributed by atoms with E-state index in [9.17, 15) is 0 Å². The molecule has 12 nitrogen and oxygen atoms in total. The molecule has 8 heterocycles. The van der Waals surface area contributed by atoms with Crippen LogP contribution in [0.3, 0.4) is 0 Å². The molecule has 0 unspecified atom stereocenters. The van der Waals surface area contributed by atoms with Gasteiger partial charge in [-0.3, -0.25) is 19.6 Å². The molecule has 16 heteroatoms. The van der Waals surface area contributed by atoms with Gasteiger partial charge in [-0.1, -0.05) is 24.3 Å². The maximum absolute atomic E-state index is 5.68. The summed E-state index contributed by atoms with van der Waals surface area (Å²) >= 11 is 6.55. The monoisotopic (exact) mass is 836 g/mol. The molecule has 0 radical (unpaired) electrons. The number of nitrogens with two attached hydrogens (primary N) is 4. The standard InChI is InChI=1S/4C10H15N3S/c4*1-2-5-13-6-3-8-9(4-7-13)14-10(11)12-8/h4*2H,1,3-7H2,(H2,11,12). The number of fused-ring (bicyclic) bond motifs is 4. The minimum Gasteiger partial charge on any atom is -0.375 e. The molecule has 56 heavy (non-hydrogen) atoms. The van der Waals surface area contributed by atoms with Crippen molar-refractivity contribution in [3.63, 3.8) is 0 Å². The number of hydrogen-bond donors (Lipinski definition) is 4. The van der Waals surface area contributed by atoms with Gasteiger partial charge < -0.3 is 22.9 Å². The fraction of sp³-hybridized carbons (Fsp3) is 0.500. The van der Waals surface area contributed by atoms with Gasteiger partial charge in [0.1, 0.15) is 0 Å². The third kappa shape index (κ3) is 13.3. The third-order valence-corrected chi connectivity index (χ3v) is 14.0. The van der Waals surface area contributed by atoms with Gasteiger partial charge in [0.25, 0.3) is 0 Å². The second-order valence-corrected chi connectivity index (χ2v) is 18.5. The molecule has 0 aromatic carbocycles. The molecule has 8 rings (SSSR count). The number of rotatable bonds is 8. The summed E-state index contributed by atoms with van der Waals surface area (Å²) in [6, 6.07) is 0. The first-order valence-corrected chi connectivity index (χ1v) is 22.7. The largest absolute Gasteiger partial charge is 0.375 e. The molecular weight excluding hydrogens is 777 g/mol. The molecule has 4 aromatic heterocycles. The van der Waals surface area contributed by atoms with Gasteiger partial charge >= 0.3 is 0 Å². The summed E-state index contributed by atoms with van der Waals surface area (Å²) in [5.41, 5.74) is 27.6. The Bertz CT molecular complexity index is 1490. The number of hydrogen-bond acceptors (Lipinski definition) is 16. The quantitative estimate of drug-likeness (QED) is 0.171. The van der Waals surface area contributed by atoms with Gasteiger partial charge in [-0.15, -0.1) is 71.7 Å². The van der Waals surface area contributed by atoms with Gasteiger partial charge in [0.2, 0.25) is 0 Å². The zero-order chi connectivity index (χ0) is 39.9. The van der Waals surface area contributed by atoms with Crippen molar-refractivity contribution in [1.29, 1.82) is 0 Å². The molecule has 4 aliphatic heterocycles. The molecule has 0 saturated heterocycles. The van der Waals surface area contributed by atoms with Gasteiger partial charge in [0.15, 0.2) is 20.5 Å². The summed E-state index contributed by atoms with van der Waals surface area (Å²) in [6.45, 7) is 27.6. The van der Waals surface area contributed by atoms with Crippen LogP contribution in [0.1, 0.15) is 42.3 Å². The third-order valence-electron chi connectivity index (χ3n) is 10.0. The molecule has 4 aliphatic rings. The van der Waals surface area contributed by atoms with Crippen molar-refractivity contribution in [1.82, 2.24) is 39.5 Å². The van der Waals surface area contributed by atoms with E-state index in [0.717, 1.165) is 130 Å². The lowest BCUT2D eigenvalue weighted by atomic mass is 10.2. The number of nitrogen functional groups attached to an aromatic ring is 4. The van der Waals surface area contributed by atoms with Crippen LogP contribution in [-0.2, 0) is 51.4 Å². The van der Waals surface area contributed by atoms with E-state index in [2.05, 4.69) is 65.9 Å². The van der Waals surface area contributed by atoms with Crippen LogP contribution in [0.15, 0.2) is 50.6 Å². The minimum absolute atomic E-state index is 0.715. The van der Waals surface area contributed by atoms with Crippen LogP contribution in [0.4, 0.5) is 20.5 Å². The minimum atomic E-state index is 0.715. The lowest BCUT2D eigenvalue weighted by Crippen LogP contribution is -2.26. The molecule has 0 bridgehead atoms. The Kier molecular flexibility index (Phi) is 17.5. The van der Waals surface area contributed by atoms with Crippen LogP contribution in [-0.4, -0.2) is 118 Å². The van der Waals surface area contributed by atoms with Crippen molar-refractivity contribution in [2.45, 2.75) is 51.4 Å². The highest BCUT2D eigenvalue weighted by Gasteiger charge is 2.19. The van der Waals surface area contributed by atoms with Crippen molar-refractivity contribution in [2.24, 2.45) is 0 Å². The molecule has 0 atom stereocenters. The molecular formula is C40H60N12S4. The Morgan fingerprint density at radius 2 is 0.571 bits per heavy atom. The number of anilines is 4. The van der Waals surface area contributed by atoms with E-state index in [4.69, 9.17) is 22.9 Å². The maximum atomic E-state index is 5.68. The Morgan fingerprint density at radius 1 is 0.375 bits per heavy atom. The molecule has 304 valence electrons. The van der Waals surface area contributed by atoms with Crippen LogP contribution < -0.4 is 22.9 Å². The average Bonchev–Trinajstić information content (AvgIpc) is 3.80.